The molecule has 0 aliphatic carbocycles. The minimum Gasteiger partial charge on any atom is -0.394 e. The van der Waals surface area contributed by atoms with Crippen molar-refractivity contribution < 1.29 is 15.1 Å². The summed E-state index contributed by atoms with van der Waals surface area (Å²) >= 11 is 1.98. The summed E-state index contributed by atoms with van der Waals surface area (Å²) in [6, 6.07) is 4.41. The summed E-state index contributed by atoms with van der Waals surface area (Å²) in [4.78, 5) is 10.2. The first kappa shape index (κ1) is 15.1. The molecule has 0 saturated heterocycles. The molecule has 18 heavy (non-hydrogen) atoms. The zero-order chi connectivity index (χ0) is 13.8. The van der Waals surface area contributed by atoms with Gasteiger partial charge in [-0.1, -0.05) is 6.92 Å². The molecule has 3 N–H and O–H groups in total. The molecule has 0 aliphatic rings. The van der Waals surface area contributed by atoms with Crippen LogP contribution in [-0.4, -0.2) is 33.9 Å². The Labute approximate surface area is 118 Å². The highest BCUT2D eigenvalue weighted by atomic mass is 127. The molecule has 0 spiro atoms. The molecule has 0 aliphatic heterocycles. The van der Waals surface area contributed by atoms with Crippen LogP contribution in [0.2, 0.25) is 0 Å². The molecule has 0 aromatic heterocycles. The van der Waals surface area contributed by atoms with Gasteiger partial charge in [-0.05, 0) is 35.1 Å². The van der Waals surface area contributed by atoms with E-state index < -0.39 is 10.5 Å². The second-order valence-electron chi connectivity index (χ2n) is 4.00. The van der Waals surface area contributed by atoms with Crippen molar-refractivity contribution in [1.82, 2.24) is 0 Å². The average molecular weight is 366 g/mol. The maximum atomic E-state index is 10.6. The Morgan fingerprint density at radius 1 is 1.44 bits per heavy atom. The highest BCUT2D eigenvalue weighted by Crippen LogP contribution is 2.27. The summed E-state index contributed by atoms with van der Waals surface area (Å²) < 4.78 is 0.668. The summed E-state index contributed by atoms with van der Waals surface area (Å²) in [6.07, 6.45) is 0.535. The molecule has 0 radical (unpaired) electrons. The predicted molar refractivity (Wildman–Crippen MR) is 76.6 cm³/mol. The summed E-state index contributed by atoms with van der Waals surface area (Å²) in [5.41, 5.74) is -0.137. The van der Waals surface area contributed by atoms with Crippen molar-refractivity contribution in [2.45, 2.75) is 18.9 Å². The first-order valence-electron chi connectivity index (χ1n) is 5.42. The molecule has 0 fully saturated rings. The second-order valence-corrected chi connectivity index (χ2v) is 5.16. The molecule has 0 unspecified atom stereocenters. The number of nitrogens with zero attached hydrogens (tertiary/aromatic N) is 1. The number of rotatable bonds is 6. The molecule has 7 heteroatoms. The Bertz CT molecular complexity index is 427. The van der Waals surface area contributed by atoms with Gasteiger partial charge in [-0.15, -0.1) is 0 Å². The molecule has 6 nitrogen and oxygen atoms in total. The van der Waals surface area contributed by atoms with E-state index in [-0.39, 0.29) is 18.9 Å². The van der Waals surface area contributed by atoms with Crippen LogP contribution in [0, 0.1) is 13.7 Å². The second kappa shape index (κ2) is 6.30. The van der Waals surface area contributed by atoms with Crippen molar-refractivity contribution in [3.63, 3.8) is 0 Å². The van der Waals surface area contributed by atoms with Crippen LogP contribution >= 0.6 is 22.6 Å². The first-order chi connectivity index (χ1) is 8.48. The molecule has 100 valence electrons. The van der Waals surface area contributed by atoms with E-state index in [2.05, 4.69) is 5.32 Å². The van der Waals surface area contributed by atoms with Gasteiger partial charge in [0.1, 0.15) is 0 Å². The van der Waals surface area contributed by atoms with E-state index in [1.165, 1.54) is 12.1 Å². The number of nitro groups is 1. The largest absolute Gasteiger partial charge is 0.394 e. The predicted octanol–water partition coefficient (Wildman–Crippen LogP) is 1.74. The Morgan fingerprint density at radius 3 is 2.44 bits per heavy atom. The number of anilines is 1. The highest BCUT2D eigenvalue weighted by Gasteiger charge is 2.27. The maximum Gasteiger partial charge on any atom is 0.270 e. The lowest BCUT2D eigenvalue weighted by molar-refractivity contribution is -0.384. The van der Waals surface area contributed by atoms with Gasteiger partial charge < -0.3 is 15.5 Å². The number of nitro benzene ring substituents is 1. The van der Waals surface area contributed by atoms with Gasteiger partial charge in [0, 0.05) is 21.4 Å². The van der Waals surface area contributed by atoms with Gasteiger partial charge in [-0.2, -0.15) is 0 Å². The number of aliphatic hydroxyl groups excluding tert-OH is 2. The van der Waals surface area contributed by atoms with Gasteiger partial charge in [0.25, 0.3) is 5.69 Å². The van der Waals surface area contributed by atoms with Crippen molar-refractivity contribution in [1.29, 1.82) is 0 Å². The lowest BCUT2D eigenvalue weighted by atomic mass is 9.98. The van der Waals surface area contributed by atoms with Gasteiger partial charge in [0.05, 0.1) is 23.7 Å². The number of non-ortho nitro benzene ring substituents is 1. The van der Waals surface area contributed by atoms with E-state index in [4.69, 9.17) is 0 Å². The first-order valence-corrected chi connectivity index (χ1v) is 6.49. The molecular weight excluding hydrogens is 351 g/mol. The van der Waals surface area contributed by atoms with Crippen LogP contribution in [0.3, 0.4) is 0 Å². The fourth-order valence-electron chi connectivity index (χ4n) is 1.45. The topological polar surface area (TPSA) is 95.6 Å². The van der Waals surface area contributed by atoms with Crippen molar-refractivity contribution in [3.8, 4) is 0 Å². The zero-order valence-electron chi connectivity index (χ0n) is 9.89. The quantitative estimate of drug-likeness (QED) is 0.405. The number of halogens is 1. The minimum atomic E-state index is -0.809. The lowest BCUT2D eigenvalue weighted by Gasteiger charge is -2.31. The Balaban J connectivity index is 3.01. The van der Waals surface area contributed by atoms with Crippen molar-refractivity contribution in [3.05, 3.63) is 31.9 Å². The monoisotopic (exact) mass is 366 g/mol. The van der Waals surface area contributed by atoms with Crippen LogP contribution in [0.1, 0.15) is 13.3 Å². The molecule has 1 aromatic carbocycles. The van der Waals surface area contributed by atoms with E-state index in [1.807, 2.05) is 29.5 Å². The summed E-state index contributed by atoms with van der Waals surface area (Å²) in [5.74, 6) is 0. The number of hydrogen-bond acceptors (Lipinski definition) is 5. The molecule has 0 atom stereocenters. The fraction of sp³-hybridized carbons (Fsp3) is 0.455. The van der Waals surface area contributed by atoms with E-state index in [1.54, 1.807) is 6.07 Å². The van der Waals surface area contributed by atoms with Gasteiger partial charge in [0.2, 0.25) is 0 Å². The standard InChI is InChI=1S/C11H15IN2O4/c1-2-11(6-15,7-16)13-10-4-3-8(14(17)18)5-9(10)12/h3-5,13,15-16H,2,6-7H2,1H3. The number of hydrogen-bond donors (Lipinski definition) is 3. The molecule has 0 amide bonds. The highest BCUT2D eigenvalue weighted by molar-refractivity contribution is 14.1. The van der Waals surface area contributed by atoms with Crippen molar-refractivity contribution >= 4 is 34.0 Å². The third-order valence-electron chi connectivity index (χ3n) is 2.85. The summed E-state index contributed by atoms with van der Waals surface area (Å²) in [7, 11) is 0. The third kappa shape index (κ3) is 3.30. The van der Waals surface area contributed by atoms with Gasteiger partial charge in [-0.3, -0.25) is 10.1 Å². The zero-order valence-corrected chi connectivity index (χ0v) is 12.0. The summed E-state index contributed by atoms with van der Waals surface area (Å²) in [6.45, 7) is 1.41. The maximum absolute atomic E-state index is 10.6. The molecule has 0 saturated carbocycles. The summed E-state index contributed by atoms with van der Waals surface area (Å²) in [5, 5.41) is 32.3. The smallest absolute Gasteiger partial charge is 0.270 e. The molecule has 1 rings (SSSR count). The third-order valence-corrected chi connectivity index (χ3v) is 3.74. The number of aliphatic hydroxyl groups is 2. The van der Waals surface area contributed by atoms with Gasteiger partial charge in [0.15, 0.2) is 0 Å². The van der Waals surface area contributed by atoms with Crippen LogP contribution < -0.4 is 5.32 Å². The lowest BCUT2D eigenvalue weighted by Crippen LogP contribution is -2.45. The van der Waals surface area contributed by atoms with Gasteiger partial charge >= 0.3 is 0 Å². The molecular formula is C11H15IN2O4. The van der Waals surface area contributed by atoms with Crippen molar-refractivity contribution in [2.75, 3.05) is 18.5 Å². The average Bonchev–Trinajstić information content (AvgIpc) is 2.38. The van der Waals surface area contributed by atoms with Crippen LogP contribution in [0.25, 0.3) is 0 Å². The molecule has 1 aromatic rings. The van der Waals surface area contributed by atoms with Crippen molar-refractivity contribution in [2.24, 2.45) is 0 Å². The van der Waals surface area contributed by atoms with Crippen LogP contribution in [0.4, 0.5) is 11.4 Å². The number of nitrogens with one attached hydrogen (secondary N) is 1. The Morgan fingerprint density at radius 2 is 2.06 bits per heavy atom. The van der Waals surface area contributed by atoms with Crippen LogP contribution in [0.15, 0.2) is 18.2 Å². The van der Waals surface area contributed by atoms with Crippen LogP contribution in [-0.2, 0) is 0 Å². The van der Waals surface area contributed by atoms with Gasteiger partial charge in [-0.25, -0.2) is 0 Å². The Hall–Kier alpha value is -0.930. The normalized spacial score (nSPS) is 11.3. The van der Waals surface area contributed by atoms with E-state index >= 15 is 0 Å². The SMILES string of the molecule is CCC(CO)(CO)Nc1ccc([N+](=O)[O-])cc1I. The molecule has 0 heterocycles. The number of benzene rings is 1. The fourth-order valence-corrected chi connectivity index (χ4v) is 2.08. The van der Waals surface area contributed by atoms with E-state index in [0.717, 1.165) is 0 Å². The Kier molecular flexibility index (Phi) is 5.29. The minimum absolute atomic E-state index is 0.0139. The van der Waals surface area contributed by atoms with E-state index in [0.29, 0.717) is 15.7 Å². The van der Waals surface area contributed by atoms with E-state index in [9.17, 15) is 20.3 Å². The molecule has 0 bridgehead atoms. The van der Waals surface area contributed by atoms with Crippen LogP contribution in [0.5, 0.6) is 0 Å².